The van der Waals surface area contributed by atoms with E-state index in [0.29, 0.717) is 68.4 Å². The van der Waals surface area contributed by atoms with Gasteiger partial charge in [-0.25, -0.2) is 0 Å². The molecule has 0 bridgehead atoms. The first-order valence-electron chi connectivity index (χ1n) is 14.8. The van der Waals surface area contributed by atoms with Gasteiger partial charge in [-0.1, -0.05) is 60.2 Å². The highest BCUT2D eigenvalue weighted by molar-refractivity contribution is 5.94. The number of amides is 1. The molecular formula is C32H35N7O6. The topological polar surface area (TPSA) is 141 Å². The molecule has 6 rings (SSSR count). The minimum absolute atomic E-state index is 0.229. The molecule has 1 aromatic heterocycles. The van der Waals surface area contributed by atoms with E-state index < -0.39 is 12.6 Å². The summed E-state index contributed by atoms with van der Waals surface area (Å²) in [7, 11) is 0. The molecule has 3 heterocycles. The van der Waals surface area contributed by atoms with Gasteiger partial charge in [0.25, 0.3) is 5.91 Å². The third kappa shape index (κ3) is 7.90. The van der Waals surface area contributed by atoms with Crippen molar-refractivity contribution in [2.24, 2.45) is 0 Å². The van der Waals surface area contributed by atoms with Gasteiger partial charge >= 0.3 is 0 Å². The van der Waals surface area contributed by atoms with Crippen LogP contribution in [0.25, 0.3) is 0 Å². The molecule has 3 N–H and O–H groups in total. The minimum Gasteiger partial charge on any atom is -0.378 e. The monoisotopic (exact) mass is 613 g/mol. The van der Waals surface area contributed by atoms with Crippen LogP contribution in [0.2, 0.25) is 0 Å². The molecule has 2 fully saturated rings. The molecule has 2 aliphatic heterocycles. The summed E-state index contributed by atoms with van der Waals surface area (Å²) in [5, 5.41) is 9.41. The predicted octanol–water partition coefficient (Wildman–Crippen LogP) is 4.52. The standard InChI is InChI=1S/C32H35N7O6/c1-21-7-9-24(10-8-21)28-42-44-29(45-43-28)25-13-11-23(12-14-25)27(40)33-15-16-34-30-36-31(35-26-6-4-3-5-22(26)2)38-32(37-30)39-17-19-41-20-18-39/h3-14,28-29H,15-20H2,1-2H3,(H,33,40)(H2,34,35,36,37,38). The van der Waals surface area contributed by atoms with Gasteiger partial charge in [0.15, 0.2) is 0 Å². The van der Waals surface area contributed by atoms with E-state index in [1.165, 1.54) is 0 Å². The maximum Gasteiger partial charge on any atom is 0.251 e. The first kappa shape index (κ1) is 30.4. The van der Waals surface area contributed by atoms with Gasteiger partial charge < -0.3 is 25.6 Å². The second kappa shape index (κ2) is 14.4. The number of benzene rings is 3. The molecule has 0 aliphatic carbocycles. The Morgan fingerprint density at radius 3 is 2.07 bits per heavy atom. The zero-order chi connectivity index (χ0) is 31.0. The highest BCUT2D eigenvalue weighted by Gasteiger charge is 2.28. The summed E-state index contributed by atoms with van der Waals surface area (Å²) in [6.07, 6.45) is -1.68. The van der Waals surface area contributed by atoms with Crippen molar-refractivity contribution in [1.29, 1.82) is 0 Å². The number of para-hydroxylation sites is 1. The fraction of sp³-hybridized carbons (Fsp3) is 0.312. The molecule has 45 heavy (non-hydrogen) atoms. The largest absolute Gasteiger partial charge is 0.378 e. The maximum absolute atomic E-state index is 12.8. The zero-order valence-corrected chi connectivity index (χ0v) is 25.1. The number of nitrogens with one attached hydrogen (secondary N) is 3. The lowest BCUT2D eigenvalue weighted by molar-refractivity contribution is -0.600. The molecule has 0 unspecified atom stereocenters. The van der Waals surface area contributed by atoms with Gasteiger partial charge in [-0.15, -0.1) is 0 Å². The molecule has 0 radical (unpaired) electrons. The van der Waals surface area contributed by atoms with Crippen molar-refractivity contribution in [1.82, 2.24) is 20.3 Å². The van der Waals surface area contributed by atoms with E-state index in [-0.39, 0.29) is 5.91 Å². The Morgan fingerprint density at radius 1 is 0.778 bits per heavy atom. The number of nitrogens with zero attached hydrogens (tertiary/aromatic N) is 4. The molecule has 13 heteroatoms. The highest BCUT2D eigenvalue weighted by Crippen LogP contribution is 2.32. The molecular weight excluding hydrogens is 578 g/mol. The Hall–Kier alpha value is -4.66. The van der Waals surface area contributed by atoms with Crippen LogP contribution in [0.1, 0.15) is 45.2 Å². The Bertz CT molecular complexity index is 1570. The number of rotatable bonds is 10. The molecule has 234 valence electrons. The molecule has 3 aromatic carbocycles. The Balaban J connectivity index is 1.01. The number of aryl methyl sites for hydroxylation is 2. The van der Waals surface area contributed by atoms with Gasteiger partial charge in [0.1, 0.15) is 0 Å². The lowest BCUT2D eigenvalue weighted by Crippen LogP contribution is -2.37. The van der Waals surface area contributed by atoms with Crippen molar-refractivity contribution in [2.75, 3.05) is 54.9 Å². The summed E-state index contributed by atoms with van der Waals surface area (Å²) in [4.78, 5) is 50.2. The van der Waals surface area contributed by atoms with E-state index in [9.17, 15) is 4.79 Å². The summed E-state index contributed by atoms with van der Waals surface area (Å²) in [5.74, 6) is 1.17. The number of carbonyl (C=O) groups excluding carboxylic acids is 1. The fourth-order valence-corrected chi connectivity index (χ4v) is 4.66. The van der Waals surface area contributed by atoms with Crippen LogP contribution in [-0.4, -0.2) is 60.3 Å². The van der Waals surface area contributed by atoms with E-state index in [1.54, 1.807) is 24.3 Å². The van der Waals surface area contributed by atoms with E-state index in [0.717, 1.165) is 22.4 Å². The normalized spacial score (nSPS) is 18.3. The lowest BCUT2D eigenvalue weighted by Gasteiger charge is -2.27. The van der Waals surface area contributed by atoms with Crippen molar-refractivity contribution in [3.05, 3.63) is 101 Å². The quantitative estimate of drug-likeness (QED) is 0.171. The van der Waals surface area contributed by atoms with Gasteiger partial charge in [0, 0.05) is 48.6 Å². The average Bonchev–Trinajstić information content (AvgIpc) is 3.08. The van der Waals surface area contributed by atoms with Gasteiger partial charge in [-0.3, -0.25) is 4.79 Å². The highest BCUT2D eigenvalue weighted by atomic mass is 17.4. The summed E-state index contributed by atoms with van der Waals surface area (Å²) in [5.41, 5.74) is 4.99. The maximum atomic E-state index is 12.8. The van der Waals surface area contributed by atoms with Crippen LogP contribution in [0.4, 0.5) is 23.5 Å². The molecule has 2 aliphatic rings. The van der Waals surface area contributed by atoms with Crippen LogP contribution in [0, 0.1) is 13.8 Å². The third-order valence-electron chi connectivity index (χ3n) is 7.26. The average molecular weight is 614 g/mol. The summed E-state index contributed by atoms with van der Waals surface area (Å²) in [6, 6.07) is 22.4. The fourth-order valence-electron chi connectivity index (χ4n) is 4.66. The van der Waals surface area contributed by atoms with Gasteiger partial charge in [0.2, 0.25) is 30.4 Å². The van der Waals surface area contributed by atoms with Crippen LogP contribution in [-0.2, 0) is 24.3 Å². The number of carbonyl (C=O) groups is 1. The molecule has 1 amide bonds. The van der Waals surface area contributed by atoms with Crippen LogP contribution in [0.3, 0.4) is 0 Å². The first-order valence-corrected chi connectivity index (χ1v) is 14.8. The van der Waals surface area contributed by atoms with Crippen molar-refractivity contribution in [2.45, 2.75) is 26.4 Å². The van der Waals surface area contributed by atoms with Crippen molar-refractivity contribution in [3.8, 4) is 0 Å². The summed E-state index contributed by atoms with van der Waals surface area (Å²) >= 11 is 0. The molecule has 0 atom stereocenters. The number of hydrogen-bond donors (Lipinski definition) is 3. The molecule has 0 saturated carbocycles. The smallest absolute Gasteiger partial charge is 0.251 e. The third-order valence-corrected chi connectivity index (χ3v) is 7.26. The van der Waals surface area contributed by atoms with Gasteiger partial charge in [0.05, 0.1) is 13.2 Å². The van der Waals surface area contributed by atoms with Crippen LogP contribution >= 0.6 is 0 Å². The van der Waals surface area contributed by atoms with Crippen LogP contribution in [0.5, 0.6) is 0 Å². The first-order chi connectivity index (χ1) is 22.0. The van der Waals surface area contributed by atoms with E-state index in [2.05, 4.69) is 35.8 Å². The second-order valence-electron chi connectivity index (χ2n) is 10.6. The molecule has 13 nitrogen and oxygen atoms in total. The lowest BCUT2D eigenvalue weighted by atomic mass is 10.1. The molecule has 0 spiro atoms. The number of morpholine rings is 1. The SMILES string of the molecule is Cc1ccc(C2OOC(c3ccc(C(=O)NCCNc4nc(Nc5ccccc5C)nc(N5CCOCC5)n4)cc3)OO2)cc1. The van der Waals surface area contributed by atoms with Gasteiger partial charge in [-0.05, 0) is 37.6 Å². The molecule has 2 saturated heterocycles. The van der Waals surface area contributed by atoms with E-state index in [1.807, 2.05) is 62.4 Å². The Morgan fingerprint density at radius 2 is 1.40 bits per heavy atom. The number of anilines is 4. The zero-order valence-electron chi connectivity index (χ0n) is 25.1. The molecule has 4 aromatic rings. The number of aromatic nitrogens is 3. The number of ether oxygens (including phenoxy) is 1. The summed E-state index contributed by atoms with van der Waals surface area (Å²) in [6.45, 7) is 7.36. The van der Waals surface area contributed by atoms with Crippen molar-refractivity contribution >= 4 is 29.4 Å². The van der Waals surface area contributed by atoms with Gasteiger partial charge in [-0.2, -0.15) is 34.5 Å². The van der Waals surface area contributed by atoms with E-state index >= 15 is 0 Å². The van der Waals surface area contributed by atoms with Crippen molar-refractivity contribution < 1.29 is 29.1 Å². The van der Waals surface area contributed by atoms with Crippen molar-refractivity contribution in [3.63, 3.8) is 0 Å². The van der Waals surface area contributed by atoms with E-state index in [4.69, 9.17) is 24.3 Å². The summed E-state index contributed by atoms with van der Waals surface area (Å²) < 4.78 is 5.48. The Kier molecular flexibility index (Phi) is 9.73. The number of hydrogen-bond acceptors (Lipinski definition) is 12. The second-order valence-corrected chi connectivity index (χ2v) is 10.6. The van der Waals surface area contributed by atoms with Crippen LogP contribution < -0.4 is 20.9 Å². The van der Waals surface area contributed by atoms with Crippen LogP contribution in [0.15, 0.2) is 72.8 Å². The Labute approximate surface area is 260 Å². The predicted molar refractivity (Wildman–Crippen MR) is 166 cm³/mol. The minimum atomic E-state index is -0.888.